The predicted octanol–water partition coefficient (Wildman–Crippen LogP) is 2.90. The van der Waals surface area contributed by atoms with Gasteiger partial charge in [0.2, 0.25) is 0 Å². The molecule has 4 heteroatoms. The van der Waals surface area contributed by atoms with E-state index in [9.17, 15) is 4.39 Å². The zero-order valence-corrected chi connectivity index (χ0v) is 8.48. The van der Waals surface area contributed by atoms with Crippen LogP contribution in [0.3, 0.4) is 0 Å². The topological polar surface area (TPSA) is 47.3 Å². The number of nitrogens with two attached hydrogens (primary N) is 1. The van der Waals surface area contributed by atoms with E-state index < -0.39 is 0 Å². The highest BCUT2D eigenvalue weighted by Gasteiger charge is 1.98. The third-order valence-corrected chi connectivity index (χ3v) is 2.05. The molecule has 0 radical (unpaired) electrons. The Morgan fingerprint density at radius 1 is 1.00 bits per heavy atom. The van der Waals surface area contributed by atoms with Gasteiger partial charge in [-0.15, -0.1) is 0 Å². The highest BCUT2D eigenvalue weighted by Crippen LogP contribution is 2.23. The number of benzene rings is 2. The molecular formula is C12H11FN2O. The monoisotopic (exact) mass is 218 g/mol. The van der Waals surface area contributed by atoms with Gasteiger partial charge in [0.25, 0.3) is 0 Å². The van der Waals surface area contributed by atoms with Crippen molar-refractivity contribution in [1.29, 1.82) is 0 Å². The molecule has 3 nitrogen and oxygen atoms in total. The summed E-state index contributed by atoms with van der Waals surface area (Å²) in [4.78, 5) is 0. The molecule has 0 amide bonds. The van der Waals surface area contributed by atoms with Crippen LogP contribution in [0.2, 0.25) is 0 Å². The fraction of sp³-hybridized carbons (Fsp3) is 0. The van der Waals surface area contributed by atoms with Gasteiger partial charge in [-0.2, -0.15) is 0 Å². The highest BCUT2D eigenvalue weighted by atomic mass is 19.1. The standard InChI is InChI=1S/C12H11FN2O/c13-9-4-6-11(7-5-9)16-12-3-1-2-10(8-12)15-14/h1-8,15H,14H2. The number of rotatable bonds is 3. The third kappa shape index (κ3) is 2.49. The molecule has 82 valence electrons. The van der Waals surface area contributed by atoms with Crippen LogP contribution in [0.1, 0.15) is 0 Å². The van der Waals surface area contributed by atoms with Crippen molar-refractivity contribution in [3.63, 3.8) is 0 Å². The summed E-state index contributed by atoms with van der Waals surface area (Å²) in [7, 11) is 0. The minimum Gasteiger partial charge on any atom is -0.457 e. The van der Waals surface area contributed by atoms with Gasteiger partial charge in [0.1, 0.15) is 17.3 Å². The van der Waals surface area contributed by atoms with Crippen molar-refractivity contribution in [2.24, 2.45) is 5.84 Å². The lowest BCUT2D eigenvalue weighted by atomic mass is 10.3. The lowest BCUT2D eigenvalue weighted by Gasteiger charge is -2.07. The first-order valence-corrected chi connectivity index (χ1v) is 4.78. The fourth-order valence-electron chi connectivity index (χ4n) is 1.29. The van der Waals surface area contributed by atoms with Gasteiger partial charge in [-0.1, -0.05) is 6.07 Å². The Bertz CT molecular complexity index is 471. The average Bonchev–Trinajstić information content (AvgIpc) is 2.32. The third-order valence-electron chi connectivity index (χ3n) is 2.05. The van der Waals surface area contributed by atoms with Crippen LogP contribution < -0.4 is 16.0 Å². The predicted molar refractivity (Wildman–Crippen MR) is 60.7 cm³/mol. The number of hydrazine groups is 1. The molecule has 3 N–H and O–H groups in total. The molecule has 2 aromatic carbocycles. The highest BCUT2D eigenvalue weighted by molar-refractivity contribution is 5.48. The molecule has 0 saturated heterocycles. The molecule has 0 bridgehead atoms. The normalized spacial score (nSPS) is 9.88. The van der Waals surface area contributed by atoms with E-state index in [0.717, 1.165) is 5.69 Å². The Kier molecular flexibility index (Phi) is 3.03. The fourth-order valence-corrected chi connectivity index (χ4v) is 1.29. The molecule has 0 spiro atoms. The maximum atomic E-state index is 12.7. The number of hydrogen-bond donors (Lipinski definition) is 2. The first kappa shape index (κ1) is 10.4. The Morgan fingerprint density at radius 3 is 2.44 bits per heavy atom. The molecule has 16 heavy (non-hydrogen) atoms. The van der Waals surface area contributed by atoms with E-state index in [1.807, 2.05) is 12.1 Å². The largest absolute Gasteiger partial charge is 0.457 e. The summed E-state index contributed by atoms with van der Waals surface area (Å²) in [5.74, 6) is 6.21. The van der Waals surface area contributed by atoms with E-state index in [-0.39, 0.29) is 5.82 Å². The zero-order valence-electron chi connectivity index (χ0n) is 8.48. The SMILES string of the molecule is NNc1cccc(Oc2ccc(F)cc2)c1. The van der Waals surface area contributed by atoms with Gasteiger partial charge < -0.3 is 10.2 Å². The second-order valence-corrected chi connectivity index (χ2v) is 3.23. The molecule has 0 heterocycles. The van der Waals surface area contributed by atoms with Crippen LogP contribution in [0.5, 0.6) is 11.5 Å². The van der Waals surface area contributed by atoms with Crippen LogP contribution >= 0.6 is 0 Å². The van der Waals surface area contributed by atoms with Gasteiger partial charge >= 0.3 is 0 Å². The lowest BCUT2D eigenvalue weighted by Crippen LogP contribution is -2.06. The van der Waals surface area contributed by atoms with Crippen LogP contribution in [0.4, 0.5) is 10.1 Å². The Balaban J connectivity index is 2.16. The van der Waals surface area contributed by atoms with Crippen molar-refractivity contribution in [1.82, 2.24) is 0 Å². The minimum atomic E-state index is -0.287. The summed E-state index contributed by atoms with van der Waals surface area (Å²) in [5.41, 5.74) is 3.27. The second-order valence-electron chi connectivity index (χ2n) is 3.23. The molecule has 0 fully saturated rings. The van der Waals surface area contributed by atoms with Gasteiger partial charge in [0.05, 0.1) is 5.69 Å². The first-order valence-electron chi connectivity index (χ1n) is 4.78. The van der Waals surface area contributed by atoms with Gasteiger partial charge in [0, 0.05) is 6.07 Å². The number of anilines is 1. The molecule has 0 aliphatic carbocycles. The van der Waals surface area contributed by atoms with Crippen molar-refractivity contribution in [3.05, 3.63) is 54.3 Å². The van der Waals surface area contributed by atoms with Gasteiger partial charge in [-0.05, 0) is 36.4 Å². The average molecular weight is 218 g/mol. The smallest absolute Gasteiger partial charge is 0.129 e. The van der Waals surface area contributed by atoms with Crippen LogP contribution in [-0.4, -0.2) is 0 Å². The van der Waals surface area contributed by atoms with E-state index in [2.05, 4.69) is 5.43 Å². The first-order chi connectivity index (χ1) is 7.78. The molecule has 0 unspecified atom stereocenters. The van der Waals surface area contributed by atoms with Crippen molar-refractivity contribution >= 4 is 5.69 Å². The van der Waals surface area contributed by atoms with Gasteiger partial charge in [-0.3, -0.25) is 5.84 Å². The number of ether oxygens (including phenoxy) is 1. The van der Waals surface area contributed by atoms with E-state index in [0.29, 0.717) is 11.5 Å². The number of nitrogen functional groups attached to an aromatic ring is 1. The van der Waals surface area contributed by atoms with Crippen LogP contribution in [0.25, 0.3) is 0 Å². The lowest BCUT2D eigenvalue weighted by molar-refractivity contribution is 0.481. The quantitative estimate of drug-likeness (QED) is 0.615. The molecular weight excluding hydrogens is 207 g/mol. The van der Waals surface area contributed by atoms with Crippen molar-refractivity contribution in [3.8, 4) is 11.5 Å². The van der Waals surface area contributed by atoms with E-state index in [1.54, 1.807) is 24.3 Å². The molecule has 0 aromatic heterocycles. The molecule has 0 atom stereocenters. The summed E-state index contributed by atoms with van der Waals surface area (Å²) in [6.07, 6.45) is 0. The number of nitrogens with one attached hydrogen (secondary N) is 1. The molecule has 2 rings (SSSR count). The molecule has 2 aromatic rings. The van der Waals surface area contributed by atoms with E-state index in [4.69, 9.17) is 10.6 Å². The van der Waals surface area contributed by atoms with Crippen molar-refractivity contribution in [2.75, 3.05) is 5.43 Å². The summed E-state index contributed by atoms with van der Waals surface area (Å²) in [5, 5.41) is 0. The van der Waals surface area contributed by atoms with Crippen LogP contribution in [0.15, 0.2) is 48.5 Å². The Morgan fingerprint density at radius 2 is 1.75 bits per heavy atom. The minimum absolute atomic E-state index is 0.287. The molecule has 0 saturated carbocycles. The molecule has 0 aliphatic rings. The van der Waals surface area contributed by atoms with E-state index >= 15 is 0 Å². The summed E-state index contributed by atoms with van der Waals surface area (Å²) < 4.78 is 18.2. The van der Waals surface area contributed by atoms with E-state index in [1.165, 1.54) is 12.1 Å². The maximum absolute atomic E-state index is 12.7. The number of halogens is 1. The van der Waals surface area contributed by atoms with Gasteiger partial charge in [0.15, 0.2) is 0 Å². The van der Waals surface area contributed by atoms with Crippen LogP contribution in [-0.2, 0) is 0 Å². The Labute approximate surface area is 92.6 Å². The van der Waals surface area contributed by atoms with Gasteiger partial charge in [-0.25, -0.2) is 4.39 Å². The second kappa shape index (κ2) is 4.63. The van der Waals surface area contributed by atoms with Crippen LogP contribution in [0, 0.1) is 5.82 Å². The summed E-state index contributed by atoms with van der Waals surface area (Å²) in [6.45, 7) is 0. The van der Waals surface area contributed by atoms with Crippen molar-refractivity contribution in [2.45, 2.75) is 0 Å². The maximum Gasteiger partial charge on any atom is 0.129 e. The van der Waals surface area contributed by atoms with Crippen molar-refractivity contribution < 1.29 is 9.13 Å². The summed E-state index contributed by atoms with van der Waals surface area (Å²) in [6, 6.07) is 13.0. The molecule has 0 aliphatic heterocycles. The Hall–Kier alpha value is -2.07. The number of hydrogen-bond acceptors (Lipinski definition) is 3. The summed E-state index contributed by atoms with van der Waals surface area (Å²) >= 11 is 0. The zero-order chi connectivity index (χ0) is 11.4.